The number of hydrazine groups is 1. The Labute approximate surface area is 110 Å². The number of nitrogens with one attached hydrogen (secondary N) is 2. The van der Waals surface area contributed by atoms with E-state index < -0.39 is 17.8 Å². The summed E-state index contributed by atoms with van der Waals surface area (Å²) in [7, 11) is 0. The summed E-state index contributed by atoms with van der Waals surface area (Å²) in [4.78, 5) is 33.7. The highest BCUT2D eigenvalue weighted by molar-refractivity contribution is 5.98. The van der Waals surface area contributed by atoms with Crippen molar-refractivity contribution in [3.05, 3.63) is 48.0 Å². The first-order valence-corrected chi connectivity index (χ1v) is 5.63. The van der Waals surface area contributed by atoms with Crippen molar-refractivity contribution in [2.24, 2.45) is 0 Å². The molecule has 2 N–H and O–H groups in total. The minimum atomic E-state index is -0.627. The van der Waals surface area contributed by atoms with Crippen LogP contribution in [0.25, 0.3) is 0 Å². The number of esters is 1. The molecule has 0 spiro atoms. The molecular formula is C13H14N2O4. The van der Waals surface area contributed by atoms with Gasteiger partial charge in [-0.3, -0.25) is 20.4 Å². The second-order valence-electron chi connectivity index (χ2n) is 3.39. The van der Waals surface area contributed by atoms with E-state index in [0.717, 1.165) is 12.2 Å². The molecule has 0 aliphatic heterocycles. The molecule has 0 aromatic heterocycles. The fourth-order valence-corrected chi connectivity index (χ4v) is 1.16. The highest BCUT2D eigenvalue weighted by Gasteiger charge is 2.04. The first kappa shape index (κ1) is 14.4. The van der Waals surface area contributed by atoms with Gasteiger partial charge in [-0.05, 0) is 19.1 Å². The van der Waals surface area contributed by atoms with Crippen molar-refractivity contribution < 1.29 is 19.1 Å². The van der Waals surface area contributed by atoms with E-state index in [2.05, 4.69) is 15.6 Å². The number of carbonyl (C=O) groups excluding carboxylic acids is 3. The Balaban J connectivity index is 2.39. The van der Waals surface area contributed by atoms with Crippen molar-refractivity contribution in [2.45, 2.75) is 6.92 Å². The number of amides is 2. The normalized spacial score (nSPS) is 9.95. The Bertz CT molecular complexity index is 483. The maximum atomic E-state index is 11.5. The Hall–Kier alpha value is -2.63. The number of rotatable bonds is 4. The fourth-order valence-electron chi connectivity index (χ4n) is 1.16. The molecule has 6 nitrogen and oxygen atoms in total. The van der Waals surface area contributed by atoms with Crippen LogP contribution in [0.1, 0.15) is 17.3 Å². The summed E-state index contributed by atoms with van der Waals surface area (Å²) in [5.41, 5.74) is 4.77. The zero-order valence-electron chi connectivity index (χ0n) is 10.4. The third-order valence-electron chi connectivity index (χ3n) is 1.99. The van der Waals surface area contributed by atoms with Crippen LogP contribution in [0.3, 0.4) is 0 Å². The third kappa shape index (κ3) is 5.49. The van der Waals surface area contributed by atoms with Crippen molar-refractivity contribution in [1.82, 2.24) is 10.9 Å². The molecule has 100 valence electrons. The van der Waals surface area contributed by atoms with Gasteiger partial charge in [0.25, 0.3) is 11.8 Å². The van der Waals surface area contributed by atoms with Crippen LogP contribution in [0.5, 0.6) is 0 Å². The summed E-state index contributed by atoms with van der Waals surface area (Å²) in [6.07, 6.45) is 1.96. The molecule has 0 heterocycles. The lowest BCUT2D eigenvalue weighted by atomic mass is 10.2. The van der Waals surface area contributed by atoms with E-state index in [-0.39, 0.29) is 6.61 Å². The molecule has 1 rings (SSSR count). The number of hydrogen-bond acceptors (Lipinski definition) is 4. The van der Waals surface area contributed by atoms with Crippen LogP contribution in [-0.2, 0) is 14.3 Å². The van der Waals surface area contributed by atoms with Crippen molar-refractivity contribution in [3.8, 4) is 0 Å². The minimum Gasteiger partial charge on any atom is -0.463 e. The van der Waals surface area contributed by atoms with Crippen LogP contribution in [0.2, 0.25) is 0 Å². The van der Waals surface area contributed by atoms with E-state index in [0.29, 0.717) is 5.56 Å². The van der Waals surface area contributed by atoms with Crippen molar-refractivity contribution in [1.29, 1.82) is 0 Å². The monoisotopic (exact) mass is 262 g/mol. The molecule has 2 amide bonds. The fraction of sp³-hybridized carbons (Fsp3) is 0.154. The molecule has 0 aliphatic rings. The summed E-state index contributed by atoms with van der Waals surface area (Å²) in [6.45, 7) is 1.89. The molecule has 0 fully saturated rings. The standard InChI is InChI=1S/C13H14N2O4/c1-2-19-12(17)9-8-11(16)14-15-13(18)10-6-4-3-5-7-10/h3-9H,2H2,1H3,(H,14,16)(H,15,18)/b9-8+. The molecule has 1 aromatic rings. The van der Waals surface area contributed by atoms with Crippen LogP contribution in [0.15, 0.2) is 42.5 Å². The minimum absolute atomic E-state index is 0.232. The molecule has 1 aromatic carbocycles. The lowest BCUT2D eigenvalue weighted by Gasteiger charge is -2.04. The largest absolute Gasteiger partial charge is 0.463 e. The maximum absolute atomic E-state index is 11.5. The molecular weight excluding hydrogens is 248 g/mol. The van der Waals surface area contributed by atoms with E-state index in [1.165, 1.54) is 0 Å². The van der Waals surface area contributed by atoms with Gasteiger partial charge in [0.15, 0.2) is 0 Å². The van der Waals surface area contributed by atoms with Gasteiger partial charge in [0, 0.05) is 17.7 Å². The van der Waals surface area contributed by atoms with Crippen LogP contribution in [0, 0.1) is 0 Å². The van der Waals surface area contributed by atoms with Crippen LogP contribution in [-0.4, -0.2) is 24.4 Å². The SMILES string of the molecule is CCOC(=O)/C=C/C(=O)NNC(=O)c1ccccc1. The number of hydrogen-bond donors (Lipinski definition) is 2. The third-order valence-corrected chi connectivity index (χ3v) is 1.99. The topological polar surface area (TPSA) is 84.5 Å². The van der Waals surface area contributed by atoms with E-state index in [1.807, 2.05) is 0 Å². The quantitative estimate of drug-likeness (QED) is 0.472. The lowest BCUT2D eigenvalue weighted by Crippen LogP contribution is -2.40. The second-order valence-corrected chi connectivity index (χ2v) is 3.39. The second kappa shape index (κ2) is 7.65. The molecule has 0 saturated carbocycles. The average molecular weight is 262 g/mol. The van der Waals surface area contributed by atoms with Gasteiger partial charge in [0.2, 0.25) is 0 Å². The molecule has 0 unspecified atom stereocenters. The van der Waals surface area contributed by atoms with Gasteiger partial charge in [0.05, 0.1) is 6.61 Å². The summed E-state index contributed by atoms with van der Waals surface area (Å²) in [5, 5.41) is 0. The van der Waals surface area contributed by atoms with E-state index in [1.54, 1.807) is 37.3 Å². The Kier molecular flexibility index (Phi) is 5.81. The van der Waals surface area contributed by atoms with Gasteiger partial charge in [0.1, 0.15) is 0 Å². The molecule has 6 heteroatoms. The molecule has 0 bridgehead atoms. The first-order valence-electron chi connectivity index (χ1n) is 5.63. The van der Waals surface area contributed by atoms with Gasteiger partial charge in [-0.15, -0.1) is 0 Å². The van der Waals surface area contributed by atoms with E-state index in [4.69, 9.17) is 0 Å². The summed E-state index contributed by atoms with van der Waals surface area (Å²) >= 11 is 0. The zero-order chi connectivity index (χ0) is 14.1. The molecule has 0 saturated heterocycles. The smallest absolute Gasteiger partial charge is 0.330 e. The van der Waals surface area contributed by atoms with E-state index >= 15 is 0 Å². The molecule has 0 aliphatic carbocycles. The van der Waals surface area contributed by atoms with E-state index in [9.17, 15) is 14.4 Å². The Morgan fingerprint density at radius 2 is 1.79 bits per heavy atom. The van der Waals surface area contributed by atoms with Crippen LogP contribution in [0.4, 0.5) is 0 Å². The molecule has 0 radical (unpaired) electrons. The maximum Gasteiger partial charge on any atom is 0.330 e. The predicted octanol–water partition coefficient (Wildman–Crippen LogP) is 0.567. The number of ether oxygens (including phenoxy) is 1. The summed E-state index contributed by atoms with van der Waals surface area (Å²) < 4.78 is 4.59. The zero-order valence-corrected chi connectivity index (χ0v) is 10.4. The van der Waals surface area contributed by atoms with Crippen LogP contribution >= 0.6 is 0 Å². The Morgan fingerprint density at radius 3 is 2.42 bits per heavy atom. The summed E-state index contributed by atoms with van der Waals surface area (Å²) in [6, 6.07) is 8.40. The van der Waals surface area contributed by atoms with Crippen molar-refractivity contribution in [3.63, 3.8) is 0 Å². The Morgan fingerprint density at radius 1 is 1.11 bits per heavy atom. The van der Waals surface area contributed by atoms with Crippen molar-refractivity contribution >= 4 is 17.8 Å². The highest BCUT2D eigenvalue weighted by Crippen LogP contribution is 1.96. The number of carbonyl (C=O) groups is 3. The van der Waals surface area contributed by atoms with Crippen molar-refractivity contribution in [2.75, 3.05) is 6.61 Å². The van der Waals surface area contributed by atoms with Gasteiger partial charge < -0.3 is 4.74 Å². The average Bonchev–Trinajstić information content (AvgIpc) is 2.44. The highest BCUT2D eigenvalue weighted by atomic mass is 16.5. The summed E-state index contributed by atoms with van der Waals surface area (Å²) in [5.74, 6) is -1.69. The molecule has 0 atom stereocenters. The van der Waals surface area contributed by atoms with Gasteiger partial charge in [-0.2, -0.15) is 0 Å². The van der Waals surface area contributed by atoms with Gasteiger partial charge in [-0.25, -0.2) is 4.79 Å². The van der Waals surface area contributed by atoms with Crippen LogP contribution < -0.4 is 10.9 Å². The lowest BCUT2D eigenvalue weighted by molar-refractivity contribution is -0.137. The molecule has 19 heavy (non-hydrogen) atoms. The van der Waals surface area contributed by atoms with Gasteiger partial charge in [-0.1, -0.05) is 18.2 Å². The predicted molar refractivity (Wildman–Crippen MR) is 67.8 cm³/mol. The number of benzene rings is 1. The first-order chi connectivity index (χ1) is 9.13. The van der Waals surface area contributed by atoms with Gasteiger partial charge >= 0.3 is 5.97 Å².